The smallest absolute Gasteiger partial charge is 0.321 e. The second kappa shape index (κ2) is 9.19. The van der Waals surface area contributed by atoms with Crippen molar-refractivity contribution >= 4 is 23.7 Å². The van der Waals surface area contributed by atoms with Gasteiger partial charge < -0.3 is 15.5 Å². The highest BCUT2D eigenvalue weighted by molar-refractivity contribution is 7.97. The number of carboxylic acids is 2. The van der Waals surface area contributed by atoms with E-state index in [0.717, 1.165) is 32.4 Å². The molecular formula is C19H30N6O4S. The van der Waals surface area contributed by atoms with E-state index in [9.17, 15) is 19.8 Å². The molecule has 166 valence electrons. The summed E-state index contributed by atoms with van der Waals surface area (Å²) < 4.78 is 0. The molecule has 1 aliphatic carbocycles. The van der Waals surface area contributed by atoms with Crippen molar-refractivity contribution in [2.45, 2.75) is 56.0 Å². The Morgan fingerprint density at radius 1 is 1.17 bits per heavy atom. The lowest BCUT2D eigenvalue weighted by molar-refractivity contribution is -0.143. The fraction of sp³-hybridized carbons (Fsp3) is 0.842. The molecule has 3 aliphatic rings. The molecule has 0 unspecified atom stereocenters. The Kier molecular flexibility index (Phi) is 6.59. The van der Waals surface area contributed by atoms with E-state index in [1.165, 1.54) is 0 Å². The second-order valence-corrected chi connectivity index (χ2v) is 9.76. The first-order valence-electron chi connectivity index (χ1n) is 10.6. The minimum atomic E-state index is -0.802. The van der Waals surface area contributed by atoms with Crippen LogP contribution in [0.1, 0.15) is 44.0 Å². The van der Waals surface area contributed by atoms with Crippen LogP contribution in [0.3, 0.4) is 0 Å². The third kappa shape index (κ3) is 4.62. The van der Waals surface area contributed by atoms with Gasteiger partial charge in [-0.3, -0.25) is 14.5 Å². The highest BCUT2D eigenvalue weighted by Crippen LogP contribution is 2.40. The number of aliphatic carboxylic acids is 2. The van der Waals surface area contributed by atoms with Gasteiger partial charge in [0.1, 0.15) is 12.1 Å². The maximum atomic E-state index is 11.9. The number of carbonyl (C=O) groups is 2. The first kappa shape index (κ1) is 21.5. The number of nitrogens with one attached hydrogen (secondary N) is 1. The first-order chi connectivity index (χ1) is 14.4. The molecule has 1 aromatic rings. The Bertz CT molecular complexity index is 776. The van der Waals surface area contributed by atoms with Crippen LogP contribution >= 0.6 is 11.8 Å². The minimum absolute atomic E-state index is 0.0826. The van der Waals surface area contributed by atoms with Gasteiger partial charge in [0.2, 0.25) is 0 Å². The van der Waals surface area contributed by atoms with E-state index in [0.29, 0.717) is 48.7 Å². The monoisotopic (exact) mass is 438 g/mol. The first-order valence-corrected chi connectivity index (χ1v) is 12.0. The zero-order valence-corrected chi connectivity index (χ0v) is 18.0. The van der Waals surface area contributed by atoms with Gasteiger partial charge in [0.05, 0.1) is 11.8 Å². The summed E-state index contributed by atoms with van der Waals surface area (Å²) in [4.78, 5) is 26.9. The van der Waals surface area contributed by atoms with Crippen molar-refractivity contribution in [2.75, 3.05) is 25.9 Å². The van der Waals surface area contributed by atoms with Gasteiger partial charge in [-0.1, -0.05) is 0 Å². The van der Waals surface area contributed by atoms with Gasteiger partial charge in [-0.05, 0) is 67.9 Å². The fourth-order valence-corrected chi connectivity index (χ4v) is 5.82. The number of piperidine rings is 1. The van der Waals surface area contributed by atoms with Crippen LogP contribution in [0.2, 0.25) is 0 Å². The quantitative estimate of drug-likeness (QED) is 0.559. The maximum absolute atomic E-state index is 11.9. The molecule has 2 aliphatic heterocycles. The third-order valence-electron chi connectivity index (χ3n) is 6.94. The van der Waals surface area contributed by atoms with Crippen molar-refractivity contribution in [3.05, 3.63) is 5.82 Å². The zero-order valence-electron chi connectivity index (χ0n) is 17.2. The maximum Gasteiger partial charge on any atom is 0.321 e. The van der Waals surface area contributed by atoms with Gasteiger partial charge in [-0.2, -0.15) is 16.6 Å². The van der Waals surface area contributed by atoms with Crippen LogP contribution in [0.4, 0.5) is 0 Å². The van der Waals surface area contributed by atoms with E-state index in [1.54, 1.807) is 16.6 Å². The molecule has 30 heavy (non-hydrogen) atoms. The van der Waals surface area contributed by atoms with E-state index >= 15 is 0 Å². The van der Waals surface area contributed by atoms with Crippen molar-refractivity contribution in [1.29, 1.82) is 0 Å². The Hall–Kier alpha value is -1.72. The molecule has 3 heterocycles. The molecule has 10 nitrogen and oxygen atoms in total. The molecule has 11 heteroatoms. The number of carboxylic acid groups (broad SMARTS) is 2. The number of hydrogen-bond donors (Lipinski definition) is 3. The Morgan fingerprint density at radius 3 is 2.73 bits per heavy atom. The largest absolute Gasteiger partial charge is 0.480 e. The highest BCUT2D eigenvalue weighted by Gasteiger charge is 2.42. The van der Waals surface area contributed by atoms with E-state index < -0.39 is 24.0 Å². The topological polar surface area (TPSA) is 133 Å². The summed E-state index contributed by atoms with van der Waals surface area (Å²) >= 11 is 1.63. The Balaban J connectivity index is 1.38. The van der Waals surface area contributed by atoms with Crippen molar-refractivity contribution in [3.8, 4) is 0 Å². The molecule has 0 bridgehead atoms. The van der Waals surface area contributed by atoms with Crippen molar-refractivity contribution in [1.82, 2.24) is 30.4 Å². The number of nitrogens with zero attached hydrogens (tertiary/aromatic N) is 5. The van der Waals surface area contributed by atoms with Crippen LogP contribution in [0.15, 0.2) is 0 Å². The summed E-state index contributed by atoms with van der Waals surface area (Å²) in [5, 5.41) is 34.9. The SMILES string of the molecule is CSCc1nnn([C@H]2C[C@@H](C(=O)O)N(C[C@H]3CC[C@H]4CN[C@H](C(=O)O)C[C@H]4C3)C2)n1. The van der Waals surface area contributed by atoms with Gasteiger partial charge in [0.25, 0.3) is 0 Å². The molecule has 1 saturated carbocycles. The predicted octanol–water partition coefficient (Wildman–Crippen LogP) is 0.715. The molecule has 2 saturated heterocycles. The number of thioether (sulfide) groups is 1. The number of likely N-dealkylation sites (tertiary alicyclic amines) is 1. The van der Waals surface area contributed by atoms with Crippen molar-refractivity contribution < 1.29 is 19.8 Å². The number of fused-ring (bicyclic) bond motifs is 1. The van der Waals surface area contributed by atoms with Crippen molar-refractivity contribution in [2.24, 2.45) is 17.8 Å². The van der Waals surface area contributed by atoms with Gasteiger partial charge in [0.15, 0.2) is 5.82 Å². The Morgan fingerprint density at radius 2 is 2.00 bits per heavy atom. The van der Waals surface area contributed by atoms with Crippen LogP contribution in [0, 0.1) is 17.8 Å². The summed E-state index contributed by atoms with van der Waals surface area (Å²) in [7, 11) is 0. The molecule has 6 atom stereocenters. The highest BCUT2D eigenvalue weighted by atomic mass is 32.2. The predicted molar refractivity (Wildman–Crippen MR) is 110 cm³/mol. The molecule has 3 fully saturated rings. The average molecular weight is 439 g/mol. The molecule has 3 N–H and O–H groups in total. The normalized spacial score (nSPS) is 34.6. The average Bonchev–Trinajstić information content (AvgIpc) is 3.35. The van der Waals surface area contributed by atoms with Gasteiger partial charge in [0, 0.05) is 13.1 Å². The lowest BCUT2D eigenvalue weighted by Gasteiger charge is -2.42. The molecule has 1 aromatic heterocycles. The zero-order chi connectivity index (χ0) is 21.3. The molecule has 0 amide bonds. The van der Waals surface area contributed by atoms with Gasteiger partial charge in [-0.25, -0.2) is 0 Å². The summed E-state index contributed by atoms with van der Waals surface area (Å²) in [5.74, 6) is 1.12. The van der Waals surface area contributed by atoms with E-state index in [2.05, 4.69) is 25.6 Å². The molecule has 4 rings (SSSR count). The summed E-state index contributed by atoms with van der Waals surface area (Å²) in [6.45, 7) is 2.11. The van der Waals surface area contributed by atoms with Gasteiger partial charge in [-0.15, -0.1) is 10.2 Å². The third-order valence-corrected chi connectivity index (χ3v) is 7.49. The minimum Gasteiger partial charge on any atom is -0.480 e. The van der Waals surface area contributed by atoms with Crippen LogP contribution in [0.5, 0.6) is 0 Å². The summed E-state index contributed by atoms with van der Waals surface area (Å²) in [6.07, 6.45) is 6.24. The summed E-state index contributed by atoms with van der Waals surface area (Å²) in [5.41, 5.74) is 0. The van der Waals surface area contributed by atoms with E-state index in [1.807, 2.05) is 6.26 Å². The number of rotatable bonds is 7. The molecule has 0 radical (unpaired) electrons. The van der Waals surface area contributed by atoms with E-state index in [4.69, 9.17) is 0 Å². The van der Waals surface area contributed by atoms with Crippen LogP contribution in [-0.4, -0.2) is 85.2 Å². The molecule has 0 spiro atoms. The molecular weight excluding hydrogens is 408 g/mol. The lowest BCUT2D eigenvalue weighted by atomic mass is 9.69. The number of hydrogen-bond acceptors (Lipinski definition) is 8. The summed E-state index contributed by atoms with van der Waals surface area (Å²) in [6, 6.07) is -1.08. The standard InChI is InChI=1S/C19H30N6O4S/c1-30-10-17-21-23-25(22-17)14-6-16(19(28)29)24(9-14)8-11-2-3-12-7-20-15(18(26)27)5-13(12)4-11/h11-16,20H,2-10H2,1H3,(H,26,27)(H,28,29)/t11-,12-,13+,14-,15-,16-/m0/s1. The van der Waals surface area contributed by atoms with Crippen LogP contribution < -0.4 is 5.32 Å². The number of tetrazole rings is 1. The molecule has 0 aromatic carbocycles. The van der Waals surface area contributed by atoms with Crippen LogP contribution in [-0.2, 0) is 15.3 Å². The number of aromatic nitrogens is 4. The van der Waals surface area contributed by atoms with E-state index in [-0.39, 0.29) is 6.04 Å². The Labute approximate surface area is 179 Å². The van der Waals surface area contributed by atoms with Crippen molar-refractivity contribution in [3.63, 3.8) is 0 Å². The van der Waals surface area contributed by atoms with Gasteiger partial charge >= 0.3 is 11.9 Å². The fourth-order valence-electron chi connectivity index (χ4n) is 5.45. The lowest BCUT2D eigenvalue weighted by Crippen LogP contribution is -2.50. The second-order valence-electron chi connectivity index (χ2n) is 8.89. The van der Waals surface area contributed by atoms with Crippen LogP contribution in [0.25, 0.3) is 0 Å².